The molecule has 1 aliphatic heterocycles. The number of hydrogen-bond donors (Lipinski definition) is 2. The molecule has 0 aliphatic carbocycles. The molecule has 1 aromatic heterocycles. The molecule has 0 bridgehead atoms. The van der Waals surface area contributed by atoms with E-state index in [1.165, 1.54) is 6.07 Å². The van der Waals surface area contributed by atoms with Crippen LogP contribution in [0.5, 0.6) is 5.75 Å². The largest absolute Gasteiger partial charge is 0.484 e. The van der Waals surface area contributed by atoms with E-state index in [1.807, 2.05) is 34.6 Å². The summed E-state index contributed by atoms with van der Waals surface area (Å²) in [5.74, 6) is -0.767. The highest BCUT2D eigenvalue weighted by atomic mass is 16.6. The molecule has 144 valence electrons. The second-order valence-corrected chi connectivity index (χ2v) is 8.27. The highest BCUT2D eigenvalue weighted by molar-refractivity contribution is 5.89. The molecule has 0 spiro atoms. The lowest BCUT2D eigenvalue weighted by Gasteiger charge is -2.26. The van der Waals surface area contributed by atoms with E-state index in [-0.39, 0.29) is 28.6 Å². The van der Waals surface area contributed by atoms with Gasteiger partial charge in [0, 0.05) is 18.0 Å². The number of likely N-dealkylation sites (tertiary alicyclic amines) is 1. The van der Waals surface area contributed by atoms with Crippen molar-refractivity contribution < 1.29 is 24.2 Å². The van der Waals surface area contributed by atoms with Crippen molar-refractivity contribution in [1.29, 1.82) is 0 Å². The van der Waals surface area contributed by atoms with Gasteiger partial charge < -0.3 is 25.2 Å². The van der Waals surface area contributed by atoms with Gasteiger partial charge in [-0.25, -0.2) is 14.6 Å². The molecule has 2 rings (SSSR count). The van der Waals surface area contributed by atoms with Crippen LogP contribution in [0.4, 0.5) is 10.6 Å². The monoisotopic (exact) mass is 365 g/mol. The number of hydrogen-bond acceptors (Lipinski definition) is 6. The number of aryl methyl sites for hydroxylation is 1. The van der Waals surface area contributed by atoms with Crippen molar-refractivity contribution in [3.05, 3.63) is 17.3 Å². The van der Waals surface area contributed by atoms with Gasteiger partial charge >= 0.3 is 12.1 Å². The number of anilines is 1. The van der Waals surface area contributed by atoms with Crippen molar-refractivity contribution in [1.82, 2.24) is 9.88 Å². The van der Waals surface area contributed by atoms with Gasteiger partial charge in [-0.3, -0.25) is 0 Å². The van der Waals surface area contributed by atoms with Gasteiger partial charge in [0.25, 0.3) is 0 Å². The number of nitrogens with zero attached hydrogens (tertiary/aromatic N) is 2. The van der Waals surface area contributed by atoms with E-state index in [2.05, 4.69) is 4.98 Å². The Kier molecular flexibility index (Phi) is 5.07. The van der Waals surface area contributed by atoms with E-state index in [9.17, 15) is 14.7 Å². The Morgan fingerprint density at radius 1 is 1.38 bits per heavy atom. The topological polar surface area (TPSA) is 115 Å². The zero-order chi connectivity index (χ0) is 19.9. The lowest BCUT2D eigenvalue weighted by Crippen LogP contribution is -2.36. The average molecular weight is 365 g/mol. The van der Waals surface area contributed by atoms with E-state index in [4.69, 9.17) is 15.2 Å². The first-order chi connectivity index (χ1) is 11.8. The van der Waals surface area contributed by atoms with Crippen LogP contribution in [0.1, 0.15) is 50.7 Å². The van der Waals surface area contributed by atoms with Gasteiger partial charge in [0.1, 0.15) is 11.7 Å². The Labute approximate surface area is 153 Å². The quantitative estimate of drug-likeness (QED) is 0.846. The molecule has 0 radical (unpaired) electrons. The number of pyridine rings is 1. The van der Waals surface area contributed by atoms with Crippen LogP contribution in [0.3, 0.4) is 0 Å². The fourth-order valence-electron chi connectivity index (χ4n) is 2.84. The summed E-state index contributed by atoms with van der Waals surface area (Å²) in [5, 5.41) is 9.26. The Bertz CT molecular complexity index is 724. The summed E-state index contributed by atoms with van der Waals surface area (Å²) < 4.78 is 11.4. The molecule has 1 aromatic rings. The molecule has 26 heavy (non-hydrogen) atoms. The summed E-state index contributed by atoms with van der Waals surface area (Å²) in [6, 6.07) is 1.38. The summed E-state index contributed by atoms with van der Waals surface area (Å²) in [6.07, 6.45) is -0.777. The first-order valence-electron chi connectivity index (χ1n) is 8.45. The minimum atomic E-state index is -1.10. The Balaban J connectivity index is 2.21. The first-order valence-corrected chi connectivity index (χ1v) is 8.45. The third-order valence-corrected chi connectivity index (χ3v) is 4.21. The maximum absolute atomic E-state index is 12.3. The van der Waals surface area contributed by atoms with E-state index in [0.717, 1.165) is 0 Å². The van der Waals surface area contributed by atoms with Crippen LogP contribution in [0.15, 0.2) is 6.07 Å². The third kappa shape index (κ3) is 4.36. The lowest BCUT2D eigenvalue weighted by atomic mass is 9.90. The van der Waals surface area contributed by atoms with Crippen molar-refractivity contribution in [2.45, 2.75) is 53.2 Å². The van der Waals surface area contributed by atoms with Gasteiger partial charge in [-0.15, -0.1) is 0 Å². The fraction of sp³-hybridized carbons (Fsp3) is 0.611. The number of carbonyl (C=O) groups is 2. The van der Waals surface area contributed by atoms with E-state index >= 15 is 0 Å². The molecule has 3 N–H and O–H groups in total. The molecule has 0 aromatic carbocycles. The number of carboxylic acid groups (broad SMARTS) is 1. The summed E-state index contributed by atoms with van der Waals surface area (Å²) in [4.78, 5) is 29.3. The molecule has 8 nitrogen and oxygen atoms in total. The number of aromatic nitrogens is 1. The molecule has 8 heteroatoms. The van der Waals surface area contributed by atoms with Gasteiger partial charge in [0.2, 0.25) is 0 Å². The Hall–Kier alpha value is -2.51. The van der Waals surface area contributed by atoms with Crippen molar-refractivity contribution >= 4 is 17.9 Å². The predicted molar refractivity (Wildman–Crippen MR) is 96.3 cm³/mol. The number of ether oxygens (including phenoxy) is 2. The number of nitrogens with two attached hydrogens (primary N) is 1. The first kappa shape index (κ1) is 19.8. The molecule has 0 saturated carbocycles. The number of nitrogen functional groups attached to an aromatic ring is 1. The predicted octanol–water partition coefficient (Wildman–Crippen LogP) is 2.69. The van der Waals surface area contributed by atoms with Crippen LogP contribution < -0.4 is 10.5 Å². The van der Waals surface area contributed by atoms with Crippen molar-refractivity contribution in [3.63, 3.8) is 0 Å². The molecule has 1 fully saturated rings. The summed E-state index contributed by atoms with van der Waals surface area (Å²) in [7, 11) is 0. The molecule has 2 heterocycles. The zero-order valence-corrected chi connectivity index (χ0v) is 16.1. The average Bonchev–Trinajstić information content (AvgIpc) is 2.75. The zero-order valence-electron chi connectivity index (χ0n) is 16.1. The van der Waals surface area contributed by atoms with E-state index in [1.54, 1.807) is 11.8 Å². The van der Waals surface area contributed by atoms with Crippen LogP contribution in [-0.2, 0) is 4.74 Å². The normalized spacial score (nSPS) is 19.3. The number of carboxylic acids is 1. The van der Waals surface area contributed by atoms with Crippen LogP contribution in [0, 0.1) is 12.3 Å². The van der Waals surface area contributed by atoms with E-state index < -0.39 is 17.7 Å². The van der Waals surface area contributed by atoms with Gasteiger partial charge in [0.15, 0.2) is 11.6 Å². The van der Waals surface area contributed by atoms with Gasteiger partial charge in [-0.1, -0.05) is 13.8 Å². The number of aromatic carboxylic acids is 1. The SMILES string of the molecule is Cc1nc(N)c(OC2CN(C(=O)OC(C)(C)C)CC2(C)C)cc1C(=O)O. The van der Waals surface area contributed by atoms with Crippen molar-refractivity contribution in [3.8, 4) is 5.75 Å². The maximum atomic E-state index is 12.3. The second kappa shape index (κ2) is 6.66. The highest BCUT2D eigenvalue weighted by Crippen LogP contribution is 2.35. The minimum absolute atomic E-state index is 0.0361. The van der Waals surface area contributed by atoms with Gasteiger partial charge in [-0.05, 0) is 27.7 Å². The number of rotatable bonds is 3. The summed E-state index contributed by atoms with van der Waals surface area (Å²) in [6.45, 7) is 11.7. The summed E-state index contributed by atoms with van der Waals surface area (Å²) >= 11 is 0. The van der Waals surface area contributed by atoms with Crippen LogP contribution in [0.2, 0.25) is 0 Å². The maximum Gasteiger partial charge on any atom is 0.410 e. The molecule has 1 atom stereocenters. The van der Waals surface area contributed by atoms with Gasteiger partial charge in [0.05, 0.1) is 17.8 Å². The Morgan fingerprint density at radius 3 is 2.54 bits per heavy atom. The Morgan fingerprint density at radius 2 is 2.00 bits per heavy atom. The third-order valence-electron chi connectivity index (χ3n) is 4.21. The summed E-state index contributed by atoms with van der Waals surface area (Å²) in [5.41, 5.74) is 5.31. The second-order valence-electron chi connectivity index (χ2n) is 8.27. The van der Waals surface area contributed by atoms with Crippen LogP contribution >= 0.6 is 0 Å². The number of carbonyl (C=O) groups excluding carboxylic acids is 1. The standard InChI is InChI=1S/C18H27N3O5/c1-10-11(15(22)23)7-12(14(19)20-10)25-13-8-21(9-18(13,5)6)16(24)26-17(2,3)4/h7,13H,8-9H2,1-6H3,(H2,19,20)(H,22,23). The lowest BCUT2D eigenvalue weighted by molar-refractivity contribution is 0.0272. The molecular formula is C18H27N3O5. The van der Waals surface area contributed by atoms with Crippen molar-refractivity contribution in [2.75, 3.05) is 18.8 Å². The highest BCUT2D eigenvalue weighted by Gasteiger charge is 2.44. The molecule has 1 unspecified atom stereocenters. The van der Waals surface area contributed by atoms with Crippen molar-refractivity contribution in [2.24, 2.45) is 5.41 Å². The smallest absolute Gasteiger partial charge is 0.410 e. The number of amides is 1. The fourth-order valence-corrected chi connectivity index (χ4v) is 2.84. The van der Waals surface area contributed by atoms with Crippen LogP contribution in [-0.4, -0.2) is 51.8 Å². The van der Waals surface area contributed by atoms with E-state index in [0.29, 0.717) is 18.8 Å². The molecular weight excluding hydrogens is 338 g/mol. The molecule has 1 aliphatic rings. The minimum Gasteiger partial charge on any atom is -0.484 e. The van der Waals surface area contributed by atoms with Crippen LogP contribution in [0.25, 0.3) is 0 Å². The molecule has 1 saturated heterocycles. The van der Waals surface area contributed by atoms with Gasteiger partial charge in [-0.2, -0.15) is 0 Å². The molecule has 1 amide bonds.